The average Bonchev–Trinajstić information content (AvgIpc) is 2.18. The average molecular weight is 211 g/mol. The predicted molar refractivity (Wildman–Crippen MR) is 64.4 cm³/mol. The lowest BCUT2D eigenvalue weighted by Gasteiger charge is -2.32. The molecule has 0 aromatic rings. The van der Waals surface area contributed by atoms with Crippen molar-refractivity contribution in [2.24, 2.45) is 11.7 Å². The topological polar surface area (TPSA) is 53.0 Å². The van der Waals surface area contributed by atoms with Gasteiger partial charge in [0.1, 0.15) is 6.04 Å². The summed E-state index contributed by atoms with van der Waals surface area (Å²) in [7, 11) is 0. The molecule has 0 fully saturated rings. The van der Waals surface area contributed by atoms with Crippen LogP contribution in [0, 0.1) is 17.2 Å². The van der Waals surface area contributed by atoms with E-state index < -0.39 is 0 Å². The summed E-state index contributed by atoms with van der Waals surface area (Å²) in [5.74, 6) is 0.622. The lowest BCUT2D eigenvalue weighted by Crippen LogP contribution is -2.44. The maximum atomic E-state index is 8.74. The first-order valence-corrected chi connectivity index (χ1v) is 5.94. The quantitative estimate of drug-likeness (QED) is 0.700. The lowest BCUT2D eigenvalue weighted by molar-refractivity contribution is 0.163. The molecule has 0 heterocycles. The molecule has 0 rings (SSSR count). The zero-order valence-corrected chi connectivity index (χ0v) is 10.5. The largest absolute Gasteiger partial charge is 0.315 e. The van der Waals surface area contributed by atoms with Gasteiger partial charge in [-0.05, 0) is 18.8 Å². The second-order valence-electron chi connectivity index (χ2n) is 4.55. The summed E-state index contributed by atoms with van der Waals surface area (Å²) in [5.41, 5.74) is 5.69. The summed E-state index contributed by atoms with van der Waals surface area (Å²) in [5, 5.41) is 8.74. The van der Waals surface area contributed by atoms with E-state index in [-0.39, 0.29) is 6.04 Å². The number of hydrogen-bond acceptors (Lipinski definition) is 3. The Labute approximate surface area is 94.2 Å². The monoisotopic (exact) mass is 211 g/mol. The Morgan fingerprint density at radius 1 is 1.20 bits per heavy atom. The summed E-state index contributed by atoms with van der Waals surface area (Å²) in [6.45, 7) is 10.5. The highest BCUT2D eigenvalue weighted by molar-refractivity contribution is 4.90. The van der Waals surface area contributed by atoms with Crippen LogP contribution < -0.4 is 5.73 Å². The van der Waals surface area contributed by atoms with Crippen molar-refractivity contribution in [3.63, 3.8) is 0 Å². The van der Waals surface area contributed by atoms with E-state index in [9.17, 15) is 0 Å². The molecule has 0 aromatic carbocycles. The van der Waals surface area contributed by atoms with Gasteiger partial charge in [0, 0.05) is 19.1 Å². The molecule has 88 valence electrons. The molecule has 3 nitrogen and oxygen atoms in total. The molecule has 0 aliphatic carbocycles. The van der Waals surface area contributed by atoms with Gasteiger partial charge in [0.25, 0.3) is 0 Å². The maximum absolute atomic E-state index is 8.74. The first-order valence-electron chi connectivity index (χ1n) is 5.94. The number of nitrogens with two attached hydrogens (primary N) is 1. The summed E-state index contributed by atoms with van der Waals surface area (Å²) >= 11 is 0. The van der Waals surface area contributed by atoms with Gasteiger partial charge in [-0.2, -0.15) is 5.26 Å². The van der Waals surface area contributed by atoms with E-state index in [4.69, 9.17) is 11.0 Å². The van der Waals surface area contributed by atoms with Crippen LogP contribution in [0.1, 0.15) is 40.5 Å². The fourth-order valence-electron chi connectivity index (χ4n) is 1.94. The maximum Gasteiger partial charge on any atom is 0.106 e. The van der Waals surface area contributed by atoms with E-state index in [0.717, 1.165) is 19.4 Å². The van der Waals surface area contributed by atoms with Crippen molar-refractivity contribution in [1.82, 2.24) is 4.90 Å². The molecule has 1 atom stereocenters. The van der Waals surface area contributed by atoms with Crippen molar-refractivity contribution in [1.29, 1.82) is 5.26 Å². The molecule has 0 amide bonds. The fraction of sp³-hybridized carbons (Fsp3) is 0.917. The first kappa shape index (κ1) is 14.4. The second-order valence-corrected chi connectivity index (χ2v) is 4.55. The van der Waals surface area contributed by atoms with E-state index >= 15 is 0 Å². The van der Waals surface area contributed by atoms with Gasteiger partial charge in [-0.3, -0.25) is 4.90 Å². The van der Waals surface area contributed by atoms with E-state index in [1.807, 2.05) is 0 Å². The molecule has 0 aliphatic rings. The SMILES string of the molecule is CCC(CC)N(CC(C)C)CC(N)C#N. The van der Waals surface area contributed by atoms with Gasteiger partial charge in [0.15, 0.2) is 0 Å². The van der Waals surface area contributed by atoms with Crippen LogP contribution >= 0.6 is 0 Å². The molecule has 0 saturated heterocycles. The molecule has 0 aliphatic heterocycles. The van der Waals surface area contributed by atoms with Crippen molar-refractivity contribution in [3.05, 3.63) is 0 Å². The van der Waals surface area contributed by atoms with Gasteiger partial charge in [-0.15, -0.1) is 0 Å². The smallest absolute Gasteiger partial charge is 0.106 e. The Kier molecular flexibility index (Phi) is 7.37. The molecular weight excluding hydrogens is 186 g/mol. The van der Waals surface area contributed by atoms with Crippen LogP contribution in [-0.4, -0.2) is 30.1 Å². The van der Waals surface area contributed by atoms with Gasteiger partial charge in [0.05, 0.1) is 6.07 Å². The molecule has 0 saturated carbocycles. The lowest BCUT2D eigenvalue weighted by atomic mass is 10.1. The summed E-state index contributed by atoms with van der Waals surface area (Å²) < 4.78 is 0. The number of nitriles is 1. The molecule has 0 radical (unpaired) electrons. The Hall–Kier alpha value is -0.590. The minimum atomic E-state index is -0.357. The van der Waals surface area contributed by atoms with Crippen molar-refractivity contribution < 1.29 is 0 Å². The second kappa shape index (κ2) is 7.67. The zero-order valence-electron chi connectivity index (χ0n) is 10.5. The van der Waals surface area contributed by atoms with Gasteiger partial charge in [-0.25, -0.2) is 0 Å². The number of hydrogen-bond donors (Lipinski definition) is 1. The van der Waals surface area contributed by atoms with Crippen molar-refractivity contribution in [3.8, 4) is 6.07 Å². The first-order chi connectivity index (χ1) is 7.04. The molecule has 2 N–H and O–H groups in total. The van der Waals surface area contributed by atoms with Crippen LogP contribution in [0.15, 0.2) is 0 Å². The molecule has 0 spiro atoms. The van der Waals surface area contributed by atoms with E-state index in [1.165, 1.54) is 0 Å². The summed E-state index contributed by atoms with van der Waals surface area (Å²) in [6, 6.07) is 2.31. The molecule has 0 bridgehead atoms. The number of nitrogens with zero attached hydrogens (tertiary/aromatic N) is 2. The van der Waals surface area contributed by atoms with Crippen LogP contribution in [0.3, 0.4) is 0 Å². The van der Waals surface area contributed by atoms with Gasteiger partial charge < -0.3 is 5.73 Å². The normalized spacial score (nSPS) is 13.5. The predicted octanol–water partition coefficient (Wildman–Crippen LogP) is 1.98. The van der Waals surface area contributed by atoms with Crippen molar-refractivity contribution in [2.45, 2.75) is 52.6 Å². The fourth-order valence-corrected chi connectivity index (χ4v) is 1.94. The van der Waals surface area contributed by atoms with E-state index in [0.29, 0.717) is 18.5 Å². The highest BCUT2D eigenvalue weighted by atomic mass is 15.2. The van der Waals surface area contributed by atoms with E-state index in [2.05, 4.69) is 38.7 Å². The van der Waals surface area contributed by atoms with Crippen LogP contribution in [0.4, 0.5) is 0 Å². The Balaban J connectivity index is 4.36. The van der Waals surface area contributed by atoms with E-state index in [1.54, 1.807) is 0 Å². The highest BCUT2D eigenvalue weighted by Gasteiger charge is 2.18. The Bertz CT molecular complexity index is 192. The highest BCUT2D eigenvalue weighted by Crippen LogP contribution is 2.11. The summed E-state index contributed by atoms with van der Waals surface area (Å²) in [4.78, 5) is 2.36. The van der Waals surface area contributed by atoms with Crippen molar-refractivity contribution in [2.75, 3.05) is 13.1 Å². The Morgan fingerprint density at radius 3 is 2.07 bits per heavy atom. The standard InChI is InChI=1S/C12H25N3/c1-5-12(6-2)15(8-10(3)4)9-11(14)7-13/h10-12H,5-6,8-9,14H2,1-4H3. The van der Waals surface area contributed by atoms with Gasteiger partial charge >= 0.3 is 0 Å². The third-order valence-electron chi connectivity index (χ3n) is 2.66. The molecular formula is C12H25N3. The minimum Gasteiger partial charge on any atom is -0.315 e. The number of rotatable bonds is 7. The molecule has 15 heavy (non-hydrogen) atoms. The van der Waals surface area contributed by atoms with Crippen LogP contribution in [0.2, 0.25) is 0 Å². The van der Waals surface area contributed by atoms with Crippen LogP contribution in [0.25, 0.3) is 0 Å². The zero-order chi connectivity index (χ0) is 11.8. The molecule has 0 aromatic heterocycles. The summed E-state index contributed by atoms with van der Waals surface area (Å²) in [6.07, 6.45) is 2.25. The van der Waals surface area contributed by atoms with Crippen LogP contribution in [0.5, 0.6) is 0 Å². The Morgan fingerprint density at radius 2 is 1.73 bits per heavy atom. The minimum absolute atomic E-state index is 0.357. The molecule has 1 unspecified atom stereocenters. The van der Waals surface area contributed by atoms with Gasteiger partial charge in [-0.1, -0.05) is 27.7 Å². The van der Waals surface area contributed by atoms with Crippen molar-refractivity contribution >= 4 is 0 Å². The third-order valence-corrected chi connectivity index (χ3v) is 2.66. The van der Waals surface area contributed by atoms with Gasteiger partial charge in [0.2, 0.25) is 0 Å². The molecule has 3 heteroatoms. The van der Waals surface area contributed by atoms with Crippen LogP contribution in [-0.2, 0) is 0 Å². The third kappa shape index (κ3) is 5.76.